The van der Waals surface area contributed by atoms with Crippen molar-refractivity contribution in [2.24, 2.45) is 0 Å². The number of unbranched alkanes of at least 4 members (excludes halogenated alkanes) is 1. The van der Waals surface area contributed by atoms with E-state index < -0.39 is 12.1 Å². The number of carboxylic acids is 1. The van der Waals surface area contributed by atoms with Crippen LogP contribution in [0.2, 0.25) is 0 Å². The van der Waals surface area contributed by atoms with Gasteiger partial charge in [0.25, 0.3) is 0 Å². The van der Waals surface area contributed by atoms with E-state index >= 15 is 0 Å². The summed E-state index contributed by atoms with van der Waals surface area (Å²) in [5, 5.41) is 26.5. The van der Waals surface area contributed by atoms with Crippen molar-refractivity contribution >= 4 is 5.97 Å². The minimum atomic E-state index is -1.08. The SMILES string of the molecule is CC=C(C(=O)O)C(O)CCCCO. The number of allylic oxidation sites excluding steroid dienone is 1. The van der Waals surface area contributed by atoms with Crippen molar-refractivity contribution < 1.29 is 20.1 Å². The van der Waals surface area contributed by atoms with Crippen LogP contribution in [0.4, 0.5) is 0 Å². The molecule has 0 spiro atoms. The molecule has 0 aliphatic heterocycles. The zero-order valence-corrected chi connectivity index (χ0v) is 7.73. The molecule has 0 rings (SSSR count). The number of rotatable bonds is 6. The van der Waals surface area contributed by atoms with Crippen LogP contribution in [0.5, 0.6) is 0 Å². The van der Waals surface area contributed by atoms with Gasteiger partial charge < -0.3 is 15.3 Å². The van der Waals surface area contributed by atoms with Gasteiger partial charge in [0.2, 0.25) is 0 Å². The number of aliphatic hydroxyl groups excluding tert-OH is 2. The van der Waals surface area contributed by atoms with Crippen LogP contribution in [0, 0.1) is 0 Å². The average Bonchev–Trinajstić information content (AvgIpc) is 2.05. The number of carboxylic acid groups (broad SMARTS) is 1. The number of hydrogen-bond acceptors (Lipinski definition) is 3. The van der Waals surface area contributed by atoms with E-state index in [1.807, 2.05) is 0 Å². The smallest absolute Gasteiger partial charge is 0.333 e. The van der Waals surface area contributed by atoms with Crippen molar-refractivity contribution in [1.82, 2.24) is 0 Å². The monoisotopic (exact) mass is 188 g/mol. The number of aliphatic hydroxyl groups is 2. The lowest BCUT2D eigenvalue weighted by Crippen LogP contribution is -2.17. The molecule has 4 nitrogen and oxygen atoms in total. The molecule has 0 aromatic carbocycles. The fourth-order valence-electron chi connectivity index (χ4n) is 1.06. The molecule has 1 unspecified atom stereocenters. The molecule has 0 bridgehead atoms. The lowest BCUT2D eigenvalue weighted by atomic mass is 10.0. The van der Waals surface area contributed by atoms with E-state index in [0.717, 1.165) is 0 Å². The summed E-state index contributed by atoms with van der Waals surface area (Å²) in [4.78, 5) is 10.5. The fraction of sp³-hybridized carbons (Fsp3) is 0.667. The Hall–Kier alpha value is -0.870. The first-order valence-corrected chi connectivity index (χ1v) is 4.32. The molecule has 0 saturated heterocycles. The first-order chi connectivity index (χ1) is 6.13. The molecule has 4 heteroatoms. The molecule has 13 heavy (non-hydrogen) atoms. The Labute approximate surface area is 77.5 Å². The molecule has 0 aliphatic rings. The molecule has 0 amide bonds. The zero-order valence-electron chi connectivity index (χ0n) is 7.73. The van der Waals surface area contributed by atoms with E-state index in [9.17, 15) is 9.90 Å². The third-order valence-corrected chi connectivity index (χ3v) is 1.80. The van der Waals surface area contributed by atoms with E-state index in [4.69, 9.17) is 10.2 Å². The van der Waals surface area contributed by atoms with Crippen LogP contribution in [0.25, 0.3) is 0 Å². The van der Waals surface area contributed by atoms with Crippen LogP contribution in [-0.4, -0.2) is 34.0 Å². The van der Waals surface area contributed by atoms with Gasteiger partial charge >= 0.3 is 5.97 Å². The second-order valence-electron chi connectivity index (χ2n) is 2.78. The summed E-state index contributed by atoms with van der Waals surface area (Å²) >= 11 is 0. The van der Waals surface area contributed by atoms with E-state index in [-0.39, 0.29) is 12.2 Å². The zero-order chi connectivity index (χ0) is 10.3. The second-order valence-corrected chi connectivity index (χ2v) is 2.78. The molecule has 76 valence electrons. The molecular weight excluding hydrogens is 172 g/mol. The van der Waals surface area contributed by atoms with Gasteiger partial charge in [0.05, 0.1) is 11.7 Å². The molecule has 0 heterocycles. The van der Waals surface area contributed by atoms with Gasteiger partial charge in [-0.15, -0.1) is 0 Å². The second kappa shape index (κ2) is 6.62. The maximum Gasteiger partial charge on any atom is 0.333 e. The average molecular weight is 188 g/mol. The lowest BCUT2D eigenvalue weighted by molar-refractivity contribution is -0.133. The maximum absolute atomic E-state index is 10.5. The predicted molar refractivity (Wildman–Crippen MR) is 48.3 cm³/mol. The van der Waals surface area contributed by atoms with E-state index in [2.05, 4.69) is 0 Å². The van der Waals surface area contributed by atoms with Crippen molar-refractivity contribution in [1.29, 1.82) is 0 Å². The molecule has 1 atom stereocenters. The standard InChI is InChI=1S/C9H16O4/c1-2-7(9(12)13)8(11)5-3-4-6-10/h2,8,10-11H,3-6H2,1H3,(H,12,13). The van der Waals surface area contributed by atoms with Gasteiger partial charge in [0.1, 0.15) is 0 Å². The van der Waals surface area contributed by atoms with E-state index in [1.165, 1.54) is 6.08 Å². The lowest BCUT2D eigenvalue weighted by Gasteiger charge is -2.10. The van der Waals surface area contributed by atoms with Crippen molar-refractivity contribution in [2.75, 3.05) is 6.61 Å². The van der Waals surface area contributed by atoms with Crippen LogP contribution in [-0.2, 0) is 4.79 Å². The van der Waals surface area contributed by atoms with Crippen molar-refractivity contribution in [3.63, 3.8) is 0 Å². The Balaban J connectivity index is 3.93. The summed E-state index contributed by atoms with van der Waals surface area (Å²) in [7, 11) is 0. The predicted octanol–water partition coefficient (Wildman–Crippen LogP) is 0.541. The van der Waals surface area contributed by atoms with Crippen LogP contribution in [0.3, 0.4) is 0 Å². The Morgan fingerprint density at radius 2 is 2.08 bits per heavy atom. The minimum Gasteiger partial charge on any atom is -0.478 e. The number of carbonyl (C=O) groups is 1. The normalized spacial score (nSPS) is 14.2. The van der Waals surface area contributed by atoms with Crippen LogP contribution in [0.1, 0.15) is 26.2 Å². The van der Waals surface area contributed by atoms with Gasteiger partial charge in [-0.2, -0.15) is 0 Å². The summed E-state index contributed by atoms with van der Waals surface area (Å²) in [6, 6.07) is 0. The Bertz CT molecular complexity index is 186. The molecule has 0 aromatic rings. The summed E-state index contributed by atoms with van der Waals surface area (Å²) in [5.41, 5.74) is 0.0259. The first kappa shape index (κ1) is 12.1. The fourth-order valence-corrected chi connectivity index (χ4v) is 1.06. The molecule has 0 fully saturated rings. The highest BCUT2D eigenvalue weighted by atomic mass is 16.4. The van der Waals surface area contributed by atoms with Gasteiger partial charge in [-0.3, -0.25) is 0 Å². The third-order valence-electron chi connectivity index (χ3n) is 1.80. The molecule has 0 radical (unpaired) electrons. The molecular formula is C9H16O4. The Morgan fingerprint density at radius 1 is 1.46 bits per heavy atom. The van der Waals surface area contributed by atoms with E-state index in [1.54, 1.807) is 6.92 Å². The minimum absolute atomic E-state index is 0.0259. The summed E-state index contributed by atoms with van der Waals surface area (Å²) in [5.74, 6) is -1.08. The van der Waals surface area contributed by atoms with Crippen molar-refractivity contribution in [3.8, 4) is 0 Å². The maximum atomic E-state index is 10.5. The summed E-state index contributed by atoms with van der Waals surface area (Å²) < 4.78 is 0. The van der Waals surface area contributed by atoms with Gasteiger partial charge in [-0.1, -0.05) is 6.08 Å². The van der Waals surface area contributed by atoms with Crippen LogP contribution in [0.15, 0.2) is 11.6 Å². The first-order valence-electron chi connectivity index (χ1n) is 4.32. The van der Waals surface area contributed by atoms with Gasteiger partial charge in [-0.25, -0.2) is 4.79 Å². The van der Waals surface area contributed by atoms with Crippen molar-refractivity contribution in [2.45, 2.75) is 32.3 Å². The molecule has 0 saturated carbocycles. The van der Waals surface area contributed by atoms with Crippen LogP contribution >= 0.6 is 0 Å². The highest BCUT2D eigenvalue weighted by Gasteiger charge is 2.15. The van der Waals surface area contributed by atoms with Gasteiger partial charge in [0, 0.05) is 6.61 Å². The quantitative estimate of drug-likeness (QED) is 0.420. The van der Waals surface area contributed by atoms with E-state index in [0.29, 0.717) is 19.3 Å². The highest BCUT2D eigenvalue weighted by Crippen LogP contribution is 2.10. The van der Waals surface area contributed by atoms with Crippen molar-refractivity contribution in [3.05, 3.63) is 11.6 Å². The Morgan fingerprint density at radius 3 is 2.46 bits per heavy atom. The molecule has 0 aromatic heterocycles. The van der Waals surface area contributed by atoms with Crippen LogP contribution < -0.4 is 0 Å². The Kier molecular flexibility index (Phi) is 6.18. The number of aliphatic carboxylic acids is 1. The largest absolute Gasteiger partial charge is 0.478 e. The molecule has 3 N–H and O–H groups in total. The molecule has 0 aliphatic carbocycles. The third kappa shape index (κ3) is 4.65. The topological polar surface area (TPSA) is 77.8 Å². The highest BCUT2D eigenvalue weighted by molar-refractivity contribution is 5.87. The number of hydrogen-bond donors (Lipinski definition) is 3. The van der Waals surface area contributed by atoms with Gasteiger partial charge in [-0.05, 0) is 26.2 Å². The summed E-state index contributed by atoms with van der Waals surface area (Å²) in [6.07, 6.45) is 2.07. The summed E-state index contributed by atoms with van der Waals surface area (Å²) in [6.45, 7) is 1.66. The van der Waals surface area contributed by atoms with Gasteiger partial charge in [0.15, 0.2) is 0 Å².